The monoisotopic (exact) mass is 375 g/mol. The van der Waals surface area contributed by atoms with Crippen molar-refractivity contribution in [2.75, 3.05) is 0 Å². The summed E-state index contributed by atoms with van der Waals surface area (Å²) in [6.07, 6.45) is 8.50. The van der Waals surface area contributed by atoms with Crippen LogP contribution in [-0.2, 0) is 0 Å². The SMILES string of the molecule is Fc1cc(Br)ccc1-c1cnn(C2C3CC4CC(C3)CC2C4)n1. The fraction of sp³-hybridized carbons (Fsp3) is 0.556. The van der Waals surface area contributed by atoms with E-state index in [0.29, 0.717) is 17.3 Å². The molecule has 0 spiro atoms. The minimum absolute atomic E-state index is 0.253. The fourth-order valence-electron chi connectivity index (χ4n) is 5.51. The van der Waals surface area contributed by atoms with Crippen molar-refractivity contribution in [2.24, 2.45) is 23.7 Å². The maximum absolute atomic E-state index is 14.2. The van der Waals surface area contributed by atoms with Gasteiger partial charge < -0.3 is 0 Å². The number of benzene rings is 1. The number of hydrogen-bond donors (Lipinski definition) is 0. The first-order chi connectivity index (χ1) is 11.2. The van der Waals surface area contributed by atoms with Gasteiger partial charge in [0.15, 0.2) is 0 Å². The van der Waals surface area contributed by atoms with Gasteiger partial charge in [0.25, 0.3) is 0 Å². The molecule has 0 atom stereocenters. The van der Waals surface area contributed by atoms with Gasteiger partial charge in [0.1, 0.15) is 11.5 Å². The van der Waals surface area contributed by atoms with Crippen LogP contribution in [0.5, 0.6) is 0 Å². The lowest BCUT2D eigenvalue weighted by Crippen LogP contribution is -2.46. The molecule has 0 aliphatic heterocycles. The van der Waals surface area contributed by atoms with E-state index in [0.717, 1.165) is 28.1 Å². The minimum atomic E-state index is -0.253. The average Bonchev–Trinajstić information content (AvgIpc) is 2.95. The van der Waals surface area contributed by atoms with E-state index < -0.39 is 0 Å². The molecule has 0 amide bonds. The van der Waals surface area contributed by atoms with Crippen LogP contribution in [0.4, 0.5) is 4.39 Å². The van der Waals surface area contributed by atoms with Gasteiger partial charge in [-0.25, -0.2) is 4.39 Å². The summed E-state index contributed by atoms with van der Waals surface area (Å²) in [6, 6.07) is 5.53. The average molecular weight is 376 g/mol. The first-order valence-corrected chi connectivity index (χ1v) is 9.34. The van der Waals surface area contributed by atoms with Crippen molar-refractivity contribution in [1.82, 2.24) is 15.0 Å². The molecule has 120 valence electrons. The largest absolute Gasteiger partial charge is 0.206 e. The highest BCUT2D eigenvalue weighted by Gasteiger charge is 2.49. The molecule has 4 aliphatic carbocycles. The van der Waals surface area contributed by atoms with Crippen LogP contribution in [0.25, 0.3) is 11.3 Å². The van der Waals surface area contributed by atoms with E-state index >= 15 is 0 Å². The van der Waals surface area contributed by atoms with E-state index in [4.69, 9.17) is 0 Å². The lowest BCUT2D eigenvalue weighted by atomic mass is 9.54. The topological polar surface area (TPSA) is 30.7 Å². The van der Waals surface area contributed by atoms with Crippen LogP contribution in [0.2, 0.25) is 0 Å². The summed E-state index contributed by atoms with van der Waals surface area (Å²) in [5.74, 6) is 3.07. The van der Waals surface area contributed by atoms with Crippen molar-refractivity contribution in [3.8, 4) is 11.3 Å². The molecule has 4 saturated carbocycles. The normalized spacial score (nSPS) is 35.0. The number of aromatic nitrogens is 3. The predicted molar refractivity (Wildman–Crippen MR) is 89.2 cm³/mol. The Bertz CT molecular complexity index is 728. The Morgan fingerprint density at radius 1 is 1.04 bits per heavy atom. The van der Waals surface area contributed by atoms with Crippen molar-refractivity contribution in [3.05, 3.63) is 34.7 Å². The Morgan fingerprint density at radius 2 is 1.74 bits per heavy atom. The minimum Gasteiger partial charge on any atom is -0.206 e. The van der Waals surface area contributed by atoms with E-state index in [1.165, 1.54) is 38.2 Å². The van der Waals surface area contributed by atoms with Crippen LogP contribution in [-0.4, -0.2) is 15.0 Å². The summed E-state index contributed by atoms with van der Waals surface area (Å²) in [5, 5.41) is 9.20. The maximum atomic E-state index is 14.2. The maximum Gasteiger partial charge on any atom is 0.133 e. The van der Waals surface area contributed by atoms with Gasteiger partial charge in [0, 0.05) is 10.0 Å². The summed E-state index contributed by atoms with van der Waals surface area (Å²) >= 11 is 3.30. The molecule has 0 radical (unpaired) electrons. The molecule has 2 aromatic rings. The molecular formula is C18H19BrFN3. The molecule has 4 aliphatic rings. The zero-order valence-corrected chi connectivity index (χ0v) is 14.4. The van der Waals surface area contributed by atoms with Crippen LogP contribution in [0.3, 0.4) is 0 Å². The third-order valence-electron chi connectivity index (χ3n) is 6.16. The molecule has 0 N–H and O–H groups in total. The summed E-state index contributed by atoms with van der Waals surface area (Å²) in [6.45, 7) is 0. The van der Waals surface area contributed by atoms with E-state index in [1.54, 1.807) is 12.3 Å². The van der Waals surface area contributed by atoms with Gasteiger partial charge in [-0.05, 0) is 74.0 Å². The van der Waals surface area contributed by atoms with Gasteiger partial charge in [0.05, 0.1) is 12.2 Å². The van der Waals surface area contributed by atoms with Gasteiger partial charge in [-0.1, -0.05) is 15.9 Å². The van der Waals surface area contributed by atoms with Gasteiger partial charge >= 0.3 is 0 Å². The number of rotatable bonds is 2. The quantitative estimate of drug-likeness (QED) is 0.751. The van der Waals surface area contributed by atoms with Crippen molar-refractivity contribution >= 4 is 15.9 Å². The van der Waals surface area contributed by atoms with Crippen LogP contribution in [0.15, 0.2) is 28.9 Å². The van der Waals surface area contributed by atoms with E-state index in [-0.39, 0.29) is 5.82 Å². The van der Waals surface area contributed by atoms with Crippen LogP contribution >= 0.6 is 15.9 Å². The fourth-order valence-corrected chi connectivity index (χ4v) is 5.85. The van der Waals surface area contributed by atoms with Gasteiger partial charge in [-0.2, -0.15) is 15.0 Å². The highest BCUT2D eigenvalue weighted by molar-refractivity contribution is 9.10. The number of halogens is 2. The summed E-state index contributed by atoms with van der Waals surface area (Å²) in [4.78, 5) is 1.91. The molecule has 23 heavy (non-hydrogen) atoms. The molecule has 0 saturated heterocycles. The Hall–Kier alpha value is -1.23. The molecular weight excluding hydrogens is 357 g/mol. The van der Waals surface area contributed by atoms with E-state index in [1.807, 2.05) is 10.9 Å². The Morgan fingerprint density at radius 3 is 2.39 bits per heavy atom. The zero-order valence-electron chi connectivity index (χ0n) is 12.8. The van der Waals surface area contributed by atoms with Crippen LogP contribution < -0.4 is 0 Å². The van der Waals surface area contributed by atoms with Gasteiger partial charge in [0.2, 0.25) is 0 Å². The van der Waals surface area contributed by atoms with Crippen molar-refractivity contribution < 1.29 is 4.39 Å². The molecule has 3 nitrogen and oxygen atoms in total. The standard InChI is InChI=1S/C18H19BrFN3/c19-14-1-2-15(16(20)8-14)17-9-21-23(22-17)18-12-4-10-3-11(6-12)7-13(18)5-10/h1-2,8-13,18H,3-7H2. The summed E-state index contributed by atoms with van der Waals surface area (Å²) in [5.41, 5.74) is 1.17. The van der Waals surface area contributed by atoms with Crippen LogP contribution in [0.1, 0.15) is 38.1 Å². The smallest absolute Gasteiger partial charge is 0.133 e. The third-order valence-corrected chi connectivity index (χ3v) is 6.65. The van der Waals surface area contributed by atoms with Crippen molar-refractivity contribution in [1.29, 1.82) is 0 Å². The van der Waals surface area contributed by atoms with Crippen LogP contribution in [0, 0.1) is 29.5 Å². The van der Waals surface area contributed by atoms with Gasteiger partial charge in [-0.15, -0.1) is 0 Å². The van der Waals surface area contributed by atoms with E-state index in [9.17, 15) is 4.39 Å². The molecule has 6 rings (SSSR count). The lowest BCUT2D eigenvalue weighted by Gasteiger charge is -2.53. The predicted octanol–water partition coefficient (Wildman–Crippen LogP) is 4.84. The molecule has 0 unspecified atom stereocenters. The Labute approximate surface area is 143 Å². The molecule has 1 aromatic heterocycles. The summed E-state index contributed by atoms with van der Waals surface area (Å²) in [7, 11) is 0. The molecule has 4 bridgehead atoms. The Balaban J connectivity index is 1.48. The van der Waals surface area contributed by atoms with Gasteiger partial charge in [-0.3, -0.25) is 0 Å². The molecule has 4 fully saturated rings. The second-order valence-electron chi connectivity index (χ2n) is 7.60. The molecule has 5 heteroatoms. The van der Waals surface area contributed by atoms with Crippen molar-refractivity contribution in [2.45, 2.75) is 38.1 Å². The zero-order chi connectivity index (χ0) is 15.6. The first kappa shape index (κ1) is 14.1. The second-order valence-corrected chi connectivity index (χ2v) is 8.51. The second kappa shape index (κ2) is 5.13. The Kier molecular flexibility index (Phi) is 3.16. The third kappa shape index (κ3) is 2.27. The lowest BCUT2D eigenvalue weighted by molar-refractivity contribution is -0.0388. The highest BCUT2D eigenvalue weighted by Crippen LogP contribution is 2.57. The highest BCUT2D eigenvalue weighted by atomic mass is 79.9. The number of hydrogen-bond acceptors (Lipinski definition) is 2. The van der Waals surface area contributed by atoms with E-state index in [2.05, 4.69) is 26.1 Å². The summed E-state index contributed by atoms with van der Waals surface area (Å²) < 4.78 is 14.9. The first-order valence-electron chi connectivity index (χ1n) is 8.54. The molecule has 1 aromatic carbocycles. The number of nitrogens with zero attached hydrogens (tertiary/aromatic N) is 3. The van der Waals surface area contributed by atoms with Crippen molar-refractivity contribution in [3.63, 3.8) is 0 Å². The molecule has 1 heterocycles.